The van der Waals surface area contributed by atoms with E-state index in [-0.39, 0.29) is 36.0 Å². The Morgan fingerprint density at radius 1 is 1.30 bits per heavy atom. The number of halogens is 2. The third-order valence-electron chi connectivity index (χ3n) is 5.39. The number of amides is 1. The van der Waals surface area contributed by atoms with Gasteiger partial charge in [0.05, 0.1) is 19.8 Å². The van der Waals surface area contributed by atoms with Gasteiger partial charge in [0.25, 0.3) is 0 Å². The molecule has 166 valence electrons. The van der Waals surface area contributed by atoms with Crippen LogP contribution in [0, 0.1) is 17.0 Å². The van der Waals surface area contributed by atoms with E-state index in [1.165, 1.54) is 7.11 Å². The second-order valence-corrected chi connectivity index (χ2v) is 8.76. The Bertz CT molecular complexity index is 849. The van der Waals surface area contributed by atoms with E-state index in [9.17, 15) is 14.0 Å². The standard InChI is InChI=1S/C21H28F2N2O5/c1-6-29-18(26)12-9-13(22)16(17(28-5)15(12)23)25-10-14(21(11-25)7-8-21)24-19(27)30-20(2,3)4/h9,14H,6-8,10-11H2,1-5H3,(H,24,27). The molecule has 1 heterocycles. The molecule has 1 unspecified atom stereocenters. The number of hydrogen-bond acceptors (Lipinski definition) is 6. The first-order valence-electron chi connectivity index (χ1n) is 9.99. The summed E-state index contributed by atoms with van der Waals surface area (Å²) in [4.78, 5) is 25.9. The van der Waals surface area contributed by atoms with Crippen LogP contribution in [0.4, 0.5) is 19.3 Å². The van der Waals surface area contributed by atoms with Crippen molar-refractivity contribution in [1.29, 1.82) is 0 Å². The van der Waals surface area contributed by atoms with Crippen LogP contribution in [0.2, 0.25) is 0 Å². The maximum atomic E-state index is 15.0. The number of benzene rings is 1. The quantitative estimate of drug-likeness (QED) is 0.725. The van der Waals surface area contributed by atoms with Gasteiger partial charge in [0.2, 0.25) is 0 Å². The van der Waals surface area contributed by atoms with Crippen LogP contribution in [-0.4, -0.2) is 50.5 Å². The predicted molar refractivity (Wildman–Crippen MR) is 106 cm³/mol. The van der Waals surface area contributed by atoms with Gasteiger partial charge in [0.15, 0.2) is 17.4 Å². The maximum absolute atomic E-state index is 15.0. The average molecular weight is 426 g/mol. The van der Waals surface area contributed by atoms with Crippen molar-refractivity contribution in [3.63, 3.8) is 0 Å². The first kappa shape index (κ1) is 22.1. The summed E-state index contributed by atoms with van der Waals surface area (Å²) in [5.74, 6) is -3.07. The normalized spacial score (nSPS) is 19.6. The topological polar surface area (TPSA) is 77.1 Å². The molecule has 1 atom stereocenters. The highest BCUT2D eigenvalue weighted by molar-refractivity contribution is 5.91. The summed E-state index contributed by atoms with van der Waals surface area (Å²) in [6.07, 6.45) is 1.17. The smallest absolute Gasteiger partial charge is 0.407 e. The second-order valence-electron chi connectivity index (χ2n) is 8.76. The molecular weight excluding hydrogens is 398 g/mol. The van der Waals surface area contributed by atoms with Gasteiger partial charge >= 0.3 is 12.1 Å². The number of alkyl carbamates (subject to hydrolysis) is 1. The van der Waals surface area contributed by atoms with Crippen molar-refractivity contribution in [3.8, 4) is 5.75 Å². The van der Waals surface area contributed by atoms with E-state index in [4.69, 9.17) is 14.2 Å². The lowest BCUT2D eigenvalue weighted by Gasteiger charge is -2.24. The fraction of sp³-hybridized carbons (Fsp3) is 0.619. The summed E-state index contributed by atoms with van der Waals surface area (Å²) in [5, 5.41) is 2.87. The Morgan fingerprint density at radius 2 is 1.97 bits per heavy atom. The van der Waals surface area contributed by atoms with Gasteiger partial charge in [-0.15, -0.1) is 0 Å². The summed E-state index contributed by atoms with van der Waals surface area (Å²) < 4.78 is 45.2. The Kier molecular flexibility index (Phi) is 5.84. The molecular formula is C21H28F2N2O5. The van der Waals surface area contributed by atoms with Crippen molar-refractivity contribution in [2.45, 2.75) is 52.2 Å². The molecule has 1 N–H and O–H groups in total. The lowest BCUT2D eigenvalue weighted by molar-refractivity contribution is 0.0489. The minimum Gasteiger partial charge on any atom is -0.491 e. The second kappa shape index (κ2) is 7.92. The summed E-state index contributed by atoms with van der Waals surface area (Å²) in [6.45, 7) is 7.63. The van der Waals surface area contributed by atoms with Crippen molar-refractivity contribution in [3.05, 3.63) is 23.3 Å². The number of nitrogens with zero attached hydrogens (tertiary/aromatic N) is 1. The summed E-state index contributed by atoms with van der Waals surface area (Å²) >= 11 is 0. The third-order valence-corrected chi connectivity index (χ3v) is 5.39. The van der Waals surface area contributed by atoms with Gasteiger partial charge in [0, 0.05) is 18.5 Å². The van der Waals surface area contributed by atoms with Gasteiger partial charge in [-0.05, 0) is 46.6 Å². The molecule has 2 fully saturated rings. The molecule has 1 aromatic rings. The van der Waals surface area contributed by atoms with E-state index < -0.39 is 34.9 Å². The molecule has 1 saturated carbocycles. The predicted octanol–water partition coefficient (Wildman–Crippen LogP) is 3.64. The first-order valence-corrected chi connectivity index (χ1v) is 9.99. The van der Waals surface area contributed by atoms with E-state index in [2.05, 4.69) is 5.32 Å². The zero-order valence-electron chi connectivity index (χ0n) is 17.9. The molecule has 1 aromatic carbocycles. The van der Waals surface area contributed by atoms with Gasteiger partial charge in [-0.2, -0.15) is 0 Å². The third kappa shape index (κ3) is 4.29. The van der Waals surface area contributed by atoms with E-state index in [0.29, 0.717) is 6.54 Å². The monoisotopic (exact) mass is 426 g/mol. The Hall–Kier alpha value is -2.58. The number of nitrogens with one attached hydrogen (secondary N) is 1. The van der Waals surface area contributed by atoms with Crippen LogP contribution >= 0.6 is 0 Å². The molecule has 1 aliphatic carbocycles. The van der Waals surface area contributed by atoms with Crippen molar-refractivity contribution in [2.75, 3.05) is 31.7 Å². The number of rotatable bonds is 5. The molecule has 3 rings (SSSR count). The maximum Gasteiger partial charge on any atom is 0.407 e. The van der Waals surface area contributed by atoms with Crippen LogP contribution in [0.25, 0.3) is 0 Å². The molecule has 2 aliphatic rings. The number of esters is 1. The number of carbonyl (C=O) groups excluding carboxylic acids is 2. The van der Waals surface area contributed by atoms with E-state index >= 15 is 4.39 Å². The highest BCUT2D eigenvalue weighted by Gasteiger charge is 2.56. The van der Waals surface area contributed by atoms with Crippen LogP contribution in [0.5, 0.6) is 5.75 Å². The van der Waals surface area contributed by atoms with Crippen LogP contribution in [0.3, 0.4) is 0 Å². The molecule has 1 saturated heterocycles. The average Bonchev–Trinajstić information content (AvgIpc) is 3.32. The summed E-state index contributed by atoms with van der Waals surface area (Å²) in [6, 6.07) is 0.559. The zero-order chi connectivity index (χ0) is 22.3. The Balaban J connectivity index is 1.87. The Labute approximate surface area is 174 Å². The lowest BCUT2D eigenvalue weighted by atomic mass is 10.0. The molecule has 1 amide bonds. The number of carbonyl (C=O) groups is 2. The largest absolute Gasteiger partial charge is 0.491 e. The molecule has 0 radical (unpaired) electrons. The van der Waals surface area contributed by atoms with Crippen LogP contribution in [0.1, 0.15) is 50.9 Å². The summed E-state index contributed by atoms with van der Waals surface area (Å²) in [7, 11) is 1.22. The van der Waals surface area contributed by atoms with Crippen LogP contribution in [-0.2, 0) is 9.47 Å². The highest BCUT2D eigenvalue weighted by Crippen LogP contribution is 2.54. The highest BCUT2D eigenvalue weighted by atomic mass is 19.1. The molecule has 30 heavy (non-hydrogen) atoms. The van der Waals surface area contributed by atoms with Crippen molar-refractivity contribution in [1.82, 2.24) is 5.32 Å². The zero-order valence-corrected chi connectivity index (χ0v) is 17.9. The summed E-state index contributed by atoms with van der Waals surface area (Å²) in [5.41, 5.74) is -1.44. The van der Waals surface area contributed by atoms with E-state index in [1.54, 1.807) is 32.6 Å². The van der Waals surface area contributed by atoms with Crippen molar-refractivity contribution < 1.29 is 32.6 Å². The van der Waals surface area contributed by atoms with Gasteiger partial charge < -0.3 is 24.4 Å². The molecule has 1 spiro atoms. The molecule has 7 nitrogen and oxygen atoms in total. The fourth-order valence-electron chi connectivity index (χ4n) is 3.89. The lowest BCUT2D eigenvalue weighted by Crippen LogP contribution is -2.44. The van der Waals surface area contributed by atoms with Gasteiger partial charge in [0.1, 0.15) is 16.9 Å². The fourth-order valence-corrected chi connectivity index (χ4v) is 3.89. The minimum absolute atomic E-state index is 0.0383. The number of hydrogen-bond donors (Lipinski definition) is 1. The molecule has 0 aromatic heterocycles. The van der Waals surface area contributed by atoms with Gasteiger partial charge in [-0.1, -0.05) is 0 Å². The van der Waals surface area contributed by atoms with Crippen molar-refractivity contribution in [2.24, 2.45) is 5.41 Å². The molecule has 0 bridgehead atoms. The van der Waals surface area contributed by atoms with Crippen LogP contribution < -0.4 is 15.0 Å². The number of ether oxygens (including phenoxy) is 3. The Morgan fingerprint density at radius 3 is 2.50 bits per heavy atom. The van der Waals surface area contributed by atoms with E-state index in [1.807, 2.05) is 0 Å². The number of anilines is 1. The molecule has 9 heteroatoms. The first-order chi connectivity index (χ1) is 14.0. The van der Waals surface area contributed by atoms with Crippen LogP contribution in [0.15, 0.2) is 6.07 Å². The molecule has 1 aliphatic heterocycles. The SMILES string of the molecule is CCOC(=O)c1cc(F)c(N2CC(NC(=O)OC(C)(C)C)C3(CC3)C2)c(OC)c1F. The van der Waals surface area contributed by atoms with E-state index in [0.717, 1.165) is 18.9 Å². The number of methoxy groups -OCH3 is 1. The van der Waals surface area contributed by atoms with Crippen molar-refractivity contribution >= 4 is 17.7 Å². The van der Waals surface area contributed by atoms with Gasteiger partial charge in [-0.25, -0.2) is 18.4 Å². The minimum atomic E-state index is -0.972. The van der Waals surface area contributed by atoms with Gasteiger partial charge in [-0.3, -0.25) is 0 Å².